The molecule has 2 N–H and O–H groups in total. The molecule has 0 saturated carbocycles. The van der Waals surface area contributed by atoms with Gasteiger partial charge in [-0.3, -0.25) is 4.79 Å². The van der Waals surface area contributed by atoms with Crippen LogP contribution in [0, 0.1) is 5.92 Å². The van der Waals surface area contributed by atoms with Crippen LogP contribution in [0.25, 0.3) is 0 Å². The van der Waals surface area contributed by atoms with Gasteiger partial charge < -0.3 is 10.4 Å². The van der Waals surface area contributed by atoms with Crippen molar-refractivity contribution in [3.05, 3.63) is 29.8 Å². The van der Waals surface area contributed by atoms with Crippen LogP contribution in [-0.2, 0) is 0 Å². The smallest absolute Gasteiger partial charge is 0.251 e. The number of nitrogens with one attached hydrogen (secondary N) is 1. The van der Waals surface area contributed by atoms with Crippen molar-refractivity contribution in [1.82, 2.24) is 5.32 Å². The fourth-order valence-corrected chi connectivity index (χ4v) is 1.27. The first-order valence-electron chi connectivity index (χ1n) is 4.76. The number of hydrogen-bond donors (Lipinski definition) is 2. The molecule has 0 aliphatic rings. The zero-order chi connectivity index (χ0) is 11.3. The number of halogens is 1. The maximum absolute atomic E-state index is 11.6. The second-order valence-corrected chi connectivity index (χ2v) is 4.16. The number of alkyl halides is 1. The molecule has 0 aliphatic heterocycles. The highest BCUT2D eigenvalue weighted by Crippen LogP contribution is 2.09. The van der Waals surface area contributed by atoms with Crippen LogP contribution in [0.15, 0.2) is 24.3 Å². The molecule has 1 unspecified atom stereocenters. The van der Waals surface area contributed by atoms with Gasteiger partial charge in [-0.15, -0.1) is 0 Å². The minimum Gasteiger partial charge on any atom is -0.508 e. The van der Waals surface area contributed by atoms with Gasteiger partial charge in [-0.05, 0) is 30.2 Å². The largest absolute Gasteiger partial charge is 0.508 e. The topological polar surface area (TPSA) is 49.3 Å². The Kier molecular flexibility index (Phi) is 4.62. The molecule has 0 spiro atoms. The molecule has 1 atom stereocenters. The van der Waals surface area contributed by atoms with Crippen molar-refractivity contribution in [1.29, 1.82) is 0 Å². The monoisotopic (exact) mass is 271 g/mol. The van der Waals surface area contributed by atoms with Gasteiger partial charge >= 0.3 is 0 Å². The SMILES string of the molecule is CC(CBr)CNC(=O)c1ccc(O)cc1. The molecule has 0 fully saturated rings. The number of phenolic OH excluding ortho intramolecular Hbond substituents is 1. The van der Waals surface area contributed by atoms with E-state index in [9.17, 15) is 4.79 Å². The molecule has 0 bridgehead atoms. The Morgan fingerprint density at radius 1 is 1.47 bits per heavy atom. The van der Waals surface area contributed by atoms with E-state index in [1.54, 1.807) is 12.1 Å². The number of rotatable bonds is 4. The lowest BCUT2D eigenvalue weighted by Gasteiger charge is -2.09. The van der Waals surface area contributed by atoms with Gasteiger partial charge in [0.25, 0.3) is 5.91 Å². The third-order valence-electron chi connectivity index (χ3n) is 2.00. The quantitative estimate of drug-likeness (QED) is 0.825. The Balaban J connectivity index is 2.50. The van der Waals surface area contributed by atoms with Crippen molar-refractivity contribution in [3.8, 4) is 5.75 Å². The summed E-state index contributed by atoms with van der Waals surface area (Å²) in [7, 11) is 0. The lowest BCUT2D eigenvalue weighted by atomic mass is 10.2. The molecule has 0 aromatic heterocycles. The van der Waals surface area contributed by atoms with Crippen LogP contribution in [0.5, 0.6) is 5.75 Å². The summed E-state index contributed by atoms with van der Waals surface area (Å²) in [5.41, 5.74) is 0.564. The molecule has 1 aromatic rings. The van der Waals surface area contributed by atoms with Crippen LogP contribution < -0.4 is 5.32 Å². The van der Waals surface area contributed by atoms with Gasteiger partial charge in [-0.1, -0.05) is 22.9 Å². The van der Waals surface area contributed by atoms with Gasteiger partial charge in [-0.2, -0.15) is 0 Å². The molecule has 4 heteroatoms. The predicted octanol–water partition coefficient (Wildman–Crippen LogP) is 2.15. The van der Waals surface area contributed by atoms with Gasteiger partial charge in [0, 0.05) is 17.4 Å². The van der Waals surface area contributed by atoms with E-state index in [-0.39, 0.29) is 11.7 Å². The third kappa shape index (κ3) is 3.91. The molecule has 1 aromatic carbocycles. The van der Waals surface area contributed by atoms with E-state index in [1.165, 1.54) is 12.1 Å². The van der Waals surface area contributed by atoms with Crippen molar-refractivity contribution >= 4 is 21.8 Å². The zero-order valence-electron chi connectivity index (χ0n) is 8.53. The summed E-state index contributed by atoms with van der Waals surface area (Å²) >= 11 is 3.35. The second-order valence-electron chi connectivity index (χ2n) is 3.52. The van der Waals surface area contributed by atoms with Crippen molar-refractivity contribution in [2.75, 3.05) is 11.9 Å². The number of benzene rings is 1. The van der Waals surface area contributed by atoms with E-state index in [0.29, 0.717) is 18.0 Å². The second kappa shape index (κ2) is 5.75. The van der Waals surface area contributed by atoms with E-state index in [4.69, 9.17) is 5.11 Å². The Hall–Kier alpha value is -1.03. The van der Waals surface area contributed by atoms with Crippen molar-refractivity contribution in [3.63, 3.8) is 0 Å². The first-order chi connectivity index (χ1) is 7.13. The lowest BCUT2D eigenvalue weighted by molar-refractivity contribution is 0.0949. The number of phenols is 1. The van der Waals surface area contributed by atoms with Crippen LogP contribution in [0.3, 0.4) is 0 Å². The number of carbonyl (C=O) groups excluding carboxylic acids is 1. The van der Waals surface area contributed by atoms with Gasteiger partial charge in [0.2, 0.25) is 0 Å². The summed E-state index contributed by atoms with van der Waals surface area (Å²) in [5, 5.41) is 12.7. The van der Waals surface area contributed by atoms with Gasteiger partial charge in [0.05, 0.1) is 0 Å². The predicted molar refractivity (Wildman–Crippen MR) is 63.4 cm³/mol. The van der Waals surface area contributed by atoms with Crippen LogP contribution in [-0.4, -0.2) is 22.9 Å². The molecule has 0 radical (unpaired) electrons. The fourth-order valence-electron chi connectivity index (χ4n) is 1.04. The molecule has 0 saturated heterocycles. The standard InChI is InChI=1S/C11H14BrNO2/c1-8(6-12)7-13-11(15)9-2-4-10(14)5-3-9/h2-5,8,14H,6-7H2,1H3,(H,13,15). The van der Waals surface area contributed by atoms with Crippen LogP contribution in [0.2, 0.25) is 0 Å². The van der Waals surface area contributed by atoms with Crippen LogP contribution >= 0.6 is 15.9 Å². The molecule has 1 amide bonds. The highest BCUT2D eigenvalue weighted by atomic mass is 79.9. The fraction of sp³-hybridized carbons (Fsp3) is 0.364. The Bertz CT molecular complexity index is 324. The van der Waals surface area contributed by atoms with Crippen LogP contribution in [0.1, 0.15) is 17.3 Å². The number of aromatic hydroxyl groups is 1. The molecule has 0 aliphatic carbocycles. The van der Waals surface area contributed by atoms with E-state index in [1.807, 2.05) is 6.92 Å². The normalized spacial score (nSPS) is 12.1. The first kappa shape index (κ1) is 12.0. The summed E-state index contributed by atoms with van der Waals surface area (Å²) < 4.78 is 0. The first-order valence-corrected chi connectivity index (χ1v) is 5.89. The van der Waals surface area contributed by atoms with E-state index in [0.717, 1.165) is 5.33 Å². The van der Waals surface area contributed by atoms with E-state index < -0.39 is 0 Å². The van der Waals surface area contributed by atoms with Crippen molar-refractivity contribution in [2.24, 2.45) is 5.92 Å². The number of hydrogen-bond acceptors (Lipinski definition) is 2. The maximum atomic E-state index is 11.6. The average Bonchev–Trinajstić information content (AvgIpc) is 2.26. The van der Waals surface area contributed by atoms with E-state index in [2.05, 4.69) is 21.2 Å². The minimum atomic E-state index is -0.109. The molecule has 82 valence electrons. The molecular formula is C11H14BrNO2. The Labute approximate surface area is 97.6 Å². The highest BCUT2D eigenvalue weighted by Gasteiger charge is 2.06. The summed E-state index contributed by atoms with van der Waals surface area (Å²) in [6.45, 7) is 2.69. The van der Waals surface area contributed by atoms with Crippen LogP contribution in [0.4, 0.5) is 0 Å². The molecule has 15 heavy (non-hydrogen) atoms. The summed E-state index contributed by atoms with van der Waals surface area (Å²) in [6.07, 6.45) is 0. The average molecular weight is 272 g/mol. The lowest BCUT2D eigenvalue weighted by Crippen LogP contribution is -2.28. The summed E-state index contributed by atoms with van der Waals surface area (Å²) in [4.78, 5) is 11.6. The zero-order valence-corrected chi connectivity index (χ0v) is 10.1. The molecular weight excluding hydrogens is 258 g/mol. The Morgan fingerprint density at radius 2 is 2.07 bits per heavy atom. The van der Waals surface area contributed by atoms with Gasteiger partial charge in [0.15, 0.2) is 0 Å². The summed E-state index contributed by atoms with van der Waals surface area (Å²) in [6, 6.07) is 6.21. The number of carbonyl (C=O) groups is 1. The van der Waals surface area contributed by atoms with Crippen molar-refractivity contribution in [2.45, 2.75) is 6.92 Å². The summed E-state index contributed by atoms with van der Waals surface area (Å²) in [5.74, 6) is 0.467. The third-order valence-corrected chi connectivity index (χ3v) is 3.11. The van der Waals surface area contributed by atoms with Gasteiger partial charge in [0.1, 0.15) is 5.75 Å². The minimum absolute atomic E-state index is 0.109. The highest BCUT2D eigenvalue weighted by molar-refractivity contribution is 9.09. The van der Waals surface area contributed by atoms with Gasteiger partial charge in [-0.25, -0.2) is 0 Å². The molecule has 3 nitrogen and oxygen atoms in total. The molecule has 1 rings (SSSR count). The van der Waals surface area contributed by atoms with E-state index >= 15 is 0 Å². The van der Waals surface area contributed by atoms with Crippen molar-refractivity contribution < 1.29 is 9.90 Å². The number of amides is 1. The Morgan fingerprint density at radius 3 is 2.60 bits per heavy atom. The maximum Gasteiger partial charge on any atom is 0.251 e. The molecule has 0 heterocycles.